The number of carbonyl (C=O) groups excluding carboxylic acids is 6. The average molecular weight is 468 g/mol. The van der Waals surface area contributed by atoms with Crippen LogP contribution in [0.5, 0.6) is 5.75 Å². The Kier molecular flexibility index (Phi) is 10.3. The first-order valence-corrected chi connectivity index (χ1v) is 9.31. The molecule has 0 fully saturated rings. The van der Waals surface area contributed by atoms with Crippen LogP contribution in [0, 0.1) is 0 Å². The summed E-state index contributed by atoms with van der Waals surface area (Å²) >= 11 is 0. The van der Waals surface area contributed by atoms with Crippen LogP contribution in [0.2, 0.25) is 0 Å². The molecule has 0 unspecified atom stereocenters. The summed E-state index contributed by atoms with van der Waals surface area (Å²) in [7, 11) is 4.31. The van der Waals surface area contributed by atoms with Crippen LogP contribution in [0.15, 0.2) is 18.2 Å². The Balaban J connectivity index is 3.11. The van der Waals surface area contributed by atoms with Crippen molar-refractivity contribution >= 4 is 35.7 Å². The van der Waals surface area contributed by atoms with Crippen molar-refractivity contribution in [3.05, 3.63) is 29.3 Å². The molecular weight excluding hydrogens is 444 g/mol. The van der Waals surface area contributed by atoms with E-state index in [1.54, 1.807) is 0 Å². The van der Waals surface area contributed by atoms with E-state index < -0.39 is 66.4 Å². The van der Waals surface area contributed by atoms with Crippen molar-refractivity contribution in [3.63, 3.8) is 0 Å². The largest absolute Gasteiger partial charge is 0.508 e. The van der Waals surface area contributed by atoms with Gasteiger partial charge in [0, 0.05) is 11.1 Å². The summed E-state index contributed by atoms with van der Waals surface area (Å²) in [6.45, 7) is 0. The van der Waals surface area contributed by atoms with Crippen molar-refractivity contribution in [2.24, 2.45) is 0 Å². The number of nitrogens with one attached hydrogen (secondary N) is 2. The van der Waals surface area contributed by atoms with Gasteiger partial charge < -0.3 is 34.7 Å². The molecule has 0 bridgehead atoms. The zero-order chi connectivity index (χ0) is 25.1. The second-order valence-electron chi connectivity index (χ2n) is 6.43. The number of aromatic hydroxyl groups is 1. The zero-order valence-electron chi connectivity index (χ0n) is 18.3. The first-order chi connectivity index (χ1) is 15.6. The number of amides is 2. The van der Waals surface area contributed by atoms with Gasteiger partial charge in [0.25, 0.3) is 11.8 Å². The minimum Gasteiger partial charge on any atom is -0.508 e. The summed E-state index contributed by atoms with van der Waals surface area (Å²) in [5, 5.41) is 14.5. The van der Waals surface area contributed by atoms with Gasteiger partial charge in [0.05, 0.1) is 41.3 Å². The zero-order valence-corrected chi connectivity index (χ0v) is 18.3. The van der Waals surface area contributed by atoms with Gasteiger partial charge in [0.2, 0.25) is 0 Å². The first-order valence-electron chi connectivity index (χ1n) is 9.31. The fourth-order valence-electron chi connectivity index (χ4n) is 2.53. The van der Waals surface area contributed by atoms with E-state index in [4.69, 9.17) is 0 Å². The summed E-state index contributed by atoms with van der Waals surface area (Å²) in [6.07, 6.45) is -1.04. The highest BCUT2D eigenvalue weighted by molar-refractivity contribution is 6.03. The molecule has 0 aliphatic carbocycles. The molecule has 0 saturated carbocycles. The van der Waals surface area contributed by atoms with E-state index in [9.17, 15) is 33.9 Å². The van der Waals surface area contributed by atoms with Gasteiger partial charge >= 0.3 is 23.9 Å². The number of hydrogen-bond donors (Lipinski definition) is 3. The predicted molar refractivity (Wildman–Crippen MR) is 108 cm³/mol. The number of carbonyl (C=O) groups is 6. The van der Waals surface area contributed by atoms with Gasteiger partial charge in [-0.3, -0.25) is 19.2 Å². The molecule has 13 nitrogen and oxygen atoms in total. The fourth-order valence-corrected chi connectivity index (χ4v) is 2.53. The third-order valence-corrected chi connectivity index (χ3v) is 4.22. The van der Waals surface area contributed by atoms with Crippen molar-refractivity contribution in [2.45, 2.75) is 24.9 Å². The van der Waals surface area contributed by atoms with E-state index in [0.29, 0.717) is 0 Å². The number of rotatable bonds is 10. The number of ether oxygens (including phenoxy) is 4. The van der Waals surface area contributed by atoms with Gasteiger partial charge in [-0.2, -0.15) is 0 Å². The third-order valence-electron chi connectivity index (χ3n) is 4.22. The quantitative estimate of drug-likeness (QED) is 0.284. The summed E-state index contributed by atoms with van der Waals surface area (Å²) in [5.41, 5.74) is -0.497. The lowest BCUT2D eigenvalue weighted by molar-refractivity contribution is -0.149. The molecule has 2 amide bonds. The van der Waals surface area contributed by atoms with Gasteiger partial charge in [0.1, 0.15) is 17.8 Å². The van der Waals surface area contributed by atoms with Crippen molar-refractivity contribution in [1.29, 1.82) is 0 Å². The molecule has 33 heavy (non-hydrogen) atoms. The van der Waals surface area contributed by atoms with Crippen LogP contribution < -0.4 is 10.6 Å². The van der Waals surface area contributed by atoms with Crippen LogP contribution in [0.25, 0.3) is 0 Å². The van der Waals surface area contributed by atoms with Gasteiger partial charge in [-0.25, -0.2) is 9.59 Å². The maximum Gasteiger partial charge on any atom is 0.328 e. The normalized spacial score (nSPS) is 11.9. The minimum absolute atomic E-state index is 0.249. The highest BCUT2D eigenvalue weighted by Gasteiger charge is 2.28. The standard InChI is InChI=1S/C20H24N2O11/c1-30-15(24)8-13(19(28)32-3)21-17(26)10-5-11(7-12(23)6-10)18(27)22-14(20(29)33-4)9-16(25)31-2/h5-7,13-14,23H,8-9H2,1-4H3,(H,21,26)(H,22,27)/t13-,14-/m0/s1. The van der Waals surface area contributed by atoms with E-state index in [1.807, 2.05) is 0 Å². The lowest BCUT2D eigenvalue weighted by Gasteiger charge is -2.17. The Bertz CT molecular complexity index is 858. The summed E-state index contributed by atoms with van der Waals surface area (Å²) in [6, 6.07) is 0.288. The topological polar surface area (TPSA) is 184 Å². The van der Waals surface area contributed by atoms with Crippen LogP contribution in [0.3, 0.4) is 0 Å². The third kappa shape index (κ3) is 8.12. The SMILES string of the molecule is COC(=O)C[C@H](NC(=O)c1cc(O)cc(C(=O)N[C@@H](CC(=O)OC)C(=O)OC)c1)C(=O)OC. The summed E-state index contributed by atoms with van der Waals surface area (Å²) in [4.78, 5) is 71.9. The van der Waals surface area contributed by atoms with Gasteiger partial charge in [-0.1, -0.05) is 0 Å². The van der Waals surface area contributed by atoms with Crippen molar-refractivity contribution < 1.29 is 52.8 Å². The monoisotopic (exact) mass is 468 g/mol. The summed E-state index contributed by atoms with van der Waals surface area (Å²) < 4.78 is 18.0. The lowest BCUT2D eigenvalue weighted by Crippen LogP contribution is -2.44. The van der Waals surface area contributed by atoms with E-state index in [1.165, 1.54) is 0 Å². The molecule has 1 aromatic rings. The van der Waals surface area contributed by atoms with Crippen LogP contribution in [0.4, 0.5) is 0 Å². The molecule has 13 heteroatoms. The second kappa shape index (κ2) is 12.6. The Morgan fingerprint density at radius 2 is 1.06 bits per heavy atom. The van der Waals surface area contributed by atoms with Crippen LogP contribution >= 0.6 is 0 Å². The number of hydrogen-bond acceptors (Lipinski definition) is 11. The predicted octanol–water partition coefficient (Wildman–Crippen LogP) is -0.939. The van der Waals surface area contributed by atoms with E-state index in [-0.39, 0.29) is 11.1 Å². The van der Waals surface area contributed by atoms with E-state index >= 15 is 0 Å². The van der Waals surface area contributed by atoms with E-state index in [0.717, 1.165) is 46.6 Å². The molecule has 3 N–H and O–H groups in total. The van der Waals surface area contributed by atoms with Crippen LogP contribution in [-0.2, 0) is 38.1 Å². The summed E-state index contributed by atoms with van der Waals surface area (Å²) in [5.74, 6) is -5.75. The maximum absolute atomic E-state index is 12.6. The number of benzene rings is 1. The van der Waals surface area contributed by atoms with Crippen molar-refractivity contribution in [3.8, 4) is 5.75 Å². The molecule has 0 radical (unpaired) electrons. The Morgan fingerprint density at radius 1 is 0.697 bits per heavy atom. The molecule has 0 aliphatic rings. The van der Waals surface area contributed by atoms with Gasteiger partial charge in [-0.05, 0) is 18.2 Å². The molecular formula is C20H24N2O11. The Hall–Kier alpha value is -4.16. The van der Waals surface area contributed by atoms with Crippen LogP contribution in [0.1, 0.15) is 33.6 Å². The number of phenols is 1. The molecule has 2 atom stereocenters. The van der Waals surface area contributed by atoms with Crippen molar-refractivity contribution in [2.75, 3.05) is 28.4 Å². The Morgan fingerprint density at radius 3 is 1.36 bits per heavy atom. The lowest BCUT2D eigenvalue weighted by atomic mass is 10.1. The molecule has 180 valence electrons. The molecule has 0 spiro atoms. The first kappa shape index (κ1) is 26.9. The smallest absolute Gasteiger partial charge is 0.328 e. The number of esters is 4. The molecule has 0 saturated heterocycles. The number of phenolic OH excluding ortho intramolecular Hbond substituents is 1. The van der Waals surface area contributed by atoms with E-state index in [2.05, 4.69) is 29.6 Å². The molecule has 0 heterocycles. The maximum atomic E-state index is 12.6. The average Bonchev–Trinajstić information content (AvgIpc) is 2.80. The number of methoxy groups -OCH3 is 4. The molecule has 0 aromatic heterocycles. The van der Waals surface area contributed by atoms with Gasteiger partial charge in [0.15, 0.2) is 0 Å². The van der Waals surface area contributed by atoms with Crippen molar-refractivity contribution in [1.82, 2.24) is 10.6 Å². The second-order valence-corrected chi connectivity index (χ2v) is 6.43. The fraction of sp³-hybridized carbons (Fsp3) is 0.400. The Labute approximate surface area is 188 Å². The van der Waals surface area contributed by atoms with Crippen LogP contribution in [-0.4, -0.2) is 81.3 Å². The molecule has 1 aromatic carbocycles. The highest BCUT2D eigenvalue weighted by atomic mass is 16.5. The molecule has 1 rings (SSSR count). The molecule has 0 aliphatic heterocycles. The van der Waals surface area contributed by atoms with Gasteiger partial charge in [-0.15, -0.1) is 0 Å². The minimum atomic E-state index is -1.39. The highest BCUT2D eigenvalue weighted by Crippen LogP contribution is 2.17.